The van der Waals surface area contributed by atoms with Gasteiger partial charge in [-0.15, -0.1) is 0 Å². The van der Waals surface area contributed by atoms with Crippen molar-refractivity contribution in [2.75, 3.05) is 13.7 Å². The molecule has 0 saturated carbocycles. The molecule has 7 nitrogen and oxygen atoms in total. The van der Waals surface area contributed by atoms with Gasteiger partial charge in [0.15, 0.2) is 0 Å². The molecular weight excluding hydrogens is 392 g/mol. The molecule has 0 radical (unpaired) electrons. The minimum absolute atomic E-state index is 0.00107. The Morgan fingerprint density at radius 2 is 1.79 bits per heavy atom. The number of hydrogen-bond donors (Lipinski definition) is 2. The van der Waals surface area contributed by atoms with E-state index in [4.69, 9.17) is 4.74 Å². The van der Waals surface area contributed by atoms with Gasteiger partial charge in [-0.05, 0) is 29.7 Å². The van der Waals surface area contributed by atoms with E-state index in [9.17, 15) is 18.4 Å². The summed E-state index contributed by atoms with van der Waals surface area (Å²) < 4.78 is 34.1. The van der Waals surface area contributed by atoms with E-state index in [0.29, 0.717) is 11.8 Å². The molecule has 0 aromatic heterocycles. The summed E-state index contributed by atoms with van der Waals surface area (Å²) in [6, 6.07) is 9.53. The van der Waals surface area contributed by atoms with Gasteiger partial charge in [0.05, 0.1) is 7.11 Å². The fourth-order valence-electron chi connectivity index (χ4n) is 3.39. The van der Waals surface area contributed by atoms with Gasteiger partial charge in [-0.2, -0.15) is 4.31 Å². The van der Waals surface area contributed by atoms with Gasteiger partial charge in [0.1, 0.15) is 16.7 Å². The predicted octanol–water partition coefficient (Wildman–Crippen LogP) is 3.42. The van der Waals surface area contributed by atoms with Crippen molar-refractivity contribution in [3.05, 3.63) is 36.4 Å². The Kier molecular flexibility index (Phi) is 7.62. The topological polar surface area (TPSA) is 95.9 Å². The highest BCUT2D eigenvalue weighted by molar-refractivity contribution is 7.89. The maximum Gasteiger partial charge on any atom is 0.262 e. The molecule has 0 aliphatic rings. The van der Waals surface area contributed by atoms with E-state index in [1.54, 1.807) is 31.5 Å². The third-order valence-corrected chi connectivity index (χ3v) is 6.79. The molecule has 8 heteroatoms. The van der Waals surface area contributed by atoms with Crippen LogP contribution < -0.4 is 10.2 Å². The van der Waals surface area contributed by atoms with Crippen molar-refractivity contribution in [1.82, 2.24) is 9.79 Å². The number of rotatable bonds is 9. The minimum atomic E-state index is -4.09. The minimum Gasteiger partial charge on any atom is -0.495 e. The highest BCUT2D eigenvalue weighted by Crippen LogP contribution is 2.35. The van der Waals surface area contributed by atoms with Crippen LogP contribution in [0.1, 0.15) is 34.1 Å². The van der Waals surface area contributed by atoms with Crippen LogP contribution >= 0.6 is 0 Å². The van der Waals surface area contributed by atoms with E-state index in [1.807, 2.05) is 32.0 Å². The molecule has 0 aliphatic heterocycles. The van der Waals surface area contributed by atoms with Crippen molar-refractivity contribution in [3.8, 4) is 5.75 Å². The molecule has 1 unspecified atom stereocenters. The first-order valence-corrected chi connectivity index (χ1v) is 11.1. The Morgan fingerprint density at radius 3 is 2.34 bits per heavy atom. The van der Waals surface area contributed by atoms with Gasteiger partial charge in [-0.1, -0.05) is 58.0 Å². The molecule has 2 aromatic carbocycles. The number of hydrogen-bond acceptors (Lipinski definition) is 5. The van der Waals surface area contributed by atoms with E-state index in [1.165, 1.54) is 17.5 Å². The Balaban J connectivity index is 2.68. The largest absolute Gasteiger partial charge is 0.495 e. The Bertz CT molecular complexity index is 957. The van der Waals surface area contributed by atoms with Crippen molar-refractivity contribution < 1.29 is 23.2 Å². The summed E-state index contributed by atoms with van der Waals surface area (Å²) in [6.07, 6.45) is 0.567. The number of sulfonamides is 1. The van der Waals surface area contributed by atoms with Crippen LogP contribution in [-0.4, -0.2) is 43.5 Å². The molecule has 29 heavy (non-hydrogen) atoms. The SMILES string of the molecule is COc1c(S(=O)(=O)N(CCC(C)C)C(C(=O)NO)C(C)C)ccc2ccccc12. The van der Waals surface area contributed by atoms with Gasteiger partial charge in [-0.3, -0.25) is 10.0 Å². The number of carbonyl (C=O) groups excluding carboxylic acids is 1. The lowest BCUT2D eigenvalue weighted by molar-refractivity contribution is -0.134. The average Bonchev–Trinajstić information content (AvgIpc) is 2.68. The molecule has 0 aliphatic carbocycles. The summed E-state index contributed by atoms with van der Waals surface area (Å²) in [6.45, 7) is 7.60. The van der Waals surface area contributed by atoms with E-state index in [-0.39, 0.29) is 29.0 Å². The van der Waals surface area contributed by atoms with Crippen LogP contribution in [-0.2, 0) is 14.8 Å². The summed E-state index contributed by atoms with van der Waals surface area (Å²) in [7, 11) is -2.66. The van der Waals surface area contributed by atoms with Crippen molar-refractivity contribution >= 4 is 26.7 Å². The Labute approximate surface area is 172 Å². The molecule has 160 valence electrons. The average molecular weight is 423 g/mol. The summed E-state index contributed by atoms with van der Waals surface area (Å²) in [5.41, 5.74) is 1.62. The summed E-state index contributed by atoms with van der Waals surface area (Å²) in [5, 5.41) is 10.7. The molecule has 0 heterocycles. The summed E-state index contributed by atoms with van der Waals surface area (Å²) >= 11 is 0. The second-order valence-electron chi connectivity index (χ2n) is 7.78. The molecule has 2 rings (SSSR count). The highest BCUT2D eigenvalue weighted by atomic mass is 32.2. The molecule has 0 spiro atoms. The highest BCUT2D eigenvalue weighted by Gasteiger charge is 2.39. The Morgan fingerprint density at radius 1 is 1.14 bits per heavy atom. The van der Waals surface area contributed by atoms with E-state index in [0.717, 1.165) is 5.39 Å². The van der Waals surface area contributed by atoms with Crippen molar-refractivity contribution in [2.24, 2.45) is 11.8 Å². The van der Waals surface area contributed by atoms with Crippen LogP contribution in [0, 0.1) is 11.8 Å². The number of nitrogens with zero attached hydrogens (tertiary/aromatic N) is 1. The lowest BCUT2D eigenvalue weighted by atomic mass is 10.0. The number of carbonyl (C=O) groups is 1. The predicted molar refractivity (Wildman–Crippen MR) is 112 cm³/mol. The number of hydroxylamine groups is 1. The van der Waals surface area contributed by atoms with Gasteiger partial charge in [0, 0.05) is 11.9 Å². The maximum atomic E-state index is 13.7. The van der Waals surface area contributed by atoms with Crippen molar-refractivity contribution in [1.29, 1.82) is 0 Å². The molecule has 2 aromatic rings. The second kappa shape index (κ2) is 9.56. The number of benzene rings is 2. The first kappa shape index (κ1) is 23.1. The first-order chi connectivity index (χ1) is 13.6. The zero-order valence-electron chi connectivity index (χ0n) is 17.5. The first-order valence-electron chi connectivity index (χ1n) is 9.66. The lowest BCUT2D eigenvalue weighted by Gasteiger charge is -2.32. The van der Waals surface area contributed by atoms with Crippen LogP contribution in [0.4, 0.5) is 0 Å². The fourth-order valence-corrected chi connectivity index (χ4v) is 5.29. The van der Waals surface area contributed by atoms with Crippen LogP contribution in [0.2, 0.25) is 0 Å². The van der Waals surface area contributed by atoms with E-state index >= 15 is 0 Å². The van der Waals surface area contributed by atoms with Crippen LogP contribution in [0.5, 0.6) is 5.75 Å². The molecule has 0 bridgehead atoms. The van der Waals surface area contributed by atoms with Crippen LogP contribution in [0.3, 0.4) is 0 Å². The van der Waals surface area contributed by atoms with Crippen LogP contribution in [0.25, 0.3) is 10.8 Å². The molecule has 1 amide bonds. The zero-order valence-corrected chi connectivity index (χ0v) is 18.4. The number of amides is 1. The number of ether oxygens (including phenoxy) is 1. The fraction of sp³-hybridized carbons (Fsp3) is 0.476. The summed E-state index contributed by atoms with van der Waals surface area (Å²) in [5.74, 6) is -0.636. The second-order valence-corrected chi connectivity index (χ2v) is 9.64. The maximum absolute atomic E-state index is 13.7. The monoisotopic (exact) mass is 422 g/mol. The van der Waals surface area contributed by atoms with Crippen molar-refractivity contribution in [2.45, 2.75) is 45.1 Å². The van der Waals surface area contributed by atoms with E-state index in [2.05, 4.69) is 0 Å². The van der Waals surface area contributed by atoms with Gasteiger partial charge < -0.3 is 4.74 Å². The zero-order chi connectivity index (χ0) is 21.8. The number of fused-ring (bicyclic) bond motifs is 1. The molecule has 2 N–H and O–H groups in total. The Hall–Kier alpha value is -2.16. The number of methoxy groups -OCH3 is 1. The standard InChI is InChI=1S/C21H30N2O5S/c1-14(2)12-13-23(19(15(3)4)21(24)22-25)29(26,27)18-11-10-16-8-6-7-9-17(16)20(18)28-5/h6-11,14-15,19,25H,12-13H2,1-5H3,(H,22,24). The van der Waals surface area contributed by atoms with Crippen molar-refractivity contribution in [3.63, 3.8) is 0 Å². The van der Waals surface area contributed by atoms with Gasteiger partial charge >= 0.3 is 0 Å². The third kappa shape index (κ3) is 4.88. The quantitative estimate of drug-likeness (QED) is 0.477. The van der Waals surface area contributed by atoms with Gasteiger partial charge in [0.25, 0.3) is 5.91 Å². The molecule has 0 saturated heterocycles. The van der Waals surface area contributed by atoms with E-state index < -0.39 is 22.0 Å². The molecule has 1 atom stereocenters. The third-order valence-electron chi connectivity index (χ3n) is 4.88. The smallest absolute Gasteiger partial charge is 0.262 e. The normalized spacial score (nSPS) is 13.3. The van der Waals surface area contributed by atoms with Gasteiger partial charge in [0.2, 0.25) is 10.0 Å². The number of nitrogens with one attached hydrogen (secondary N) is 1. The summed E-state index contributed by atoms with van der Waals surface area (Å²) in [4.78, 5) is 12.4. The van der Waals surface area contributed by atoms with Gasteiger partial charge in [-0.25, -0.2) is 13.9 Å². The molecule has 0 fully saturated rings. The molecular formula is C21H30N2O5S. The lowest BCUT2D eigenvalue weighted by Crippen LogP contribution is -2.52. The van der Waals surface area contributed by atoms with Crippen LogP contribution in [0.15, 0.2) is 41.3 Å².